The minimum absolute atomic E-state index is 0.113. The molecule has 1 fully saturated rings. The number of anilines is 1. The number of rotatable bonds is 5. The molecular weight excluding hydrogens is 322 g/mol. The van der Waals surface area contributed by atoms with E-state index in [9.17, 15) is 4.79 Å². The molecule has 3 heterocycles. The average molecular weight is 347 g/mol. The molecule has 7 heteroatoms. The van der Waals surface area contributed by atoms with E-state index < -0.39 is 0 Å². The number of aromatic nitrogens is 2. The number of carbonyl (C=O) groups is 1. The molecule has 0 atom stereocenters. The van der Waals surface area contributed by atoms with Gasteiger partial charge in [0.15, 0.2) is 0 Å². The Kier molecular flexibility index (Phi) is 5.30. The highest BCUT2D eigenvalue weighted by atomic mass is 32.1. The molecule has 1 amide bonds. The summed E-state index contributed by atoms with van der Waals surface area (Å²) in [5.74, 6) is 0.864. The monoisotopic (exact) mass is 347 g/mol. The molecule has 1 N–H and O–H groups in total. The molecule has 0 radical (unpaired) electrons. The molecule has 0 unspecified atom stereocenters. The fraction of sp³-hybridized carbons (Fsp3) is 0.588. The van der Waals surface area contributed by atoms with Crippen molar-refractivity contribution in [3.63, 3.8) is 0 Å². The molecule has 2 aromatic heterocycles. The maximum atomic E-state index is 12.5. The minimum Gasteiger partial charge on any atom is -0.360 e. The predicted molar refractivity (Wildman–Crippen MR) is 98.6 cm³/mol. The number of likely N-dealkylation sites (tertiary alicyclic amines) is 1. The van der Waals surface area contributed by atoms with E-state index in [0.717, 1.165) is 48.4 Å². The van der Waals surface area contributed by atoms with Crippen molar-refractivity contribution in [1.29, 1.82) is 0 Å². The third-order valence-corrected chi connectivity index (χ3v) is 5.95. The number of aryl methyl sites for hydroxylation is 1. The van der Waals surface area contributed by atoms with Crippen LogP contribution in [0.5, 0.6) is 0 Å². The Morgan fingerprint density at radius 2 is 2.17 bits per heavy atom. The highest BCUT2D eigenvalue weighted by Gasteiger charge is 2.23. The smallest absolute Gasteiger partial charge is 0.241 e. The van der Waals surface area contributed by atoms with Crippen molar-refractivity contribution in [3.8, 4) is 0 Å². The summed E-state index contributed by atoms with van der Waals surface area (Å²) in [7, 11) is 4.04. The van der Waals surface area contributed by atoms with Crippen LogP contribution in [0.3, 0.4) is 0 Å². The van der Waals surface area contributed by atoms with Gasteiger partial charge in [-0.05, 0) is 45.5 Å². The van der Waals surface area contributed by atoms with Crippen molar-refractivity contribution in [2.45, 2.75) is 32.2 Å². The number of thiophene rings is 1. The number of nitrogens with zero attached hydrogens (tertiary/aromatic N) is 4. The number of likely N-dealkylation sites (N-methyl/N-ethyl adjacent to an activating group) is 1. The first kappa shape index (κ1) is 17.1. The van der Waals surface area contributed by atoms with Crippen molar-refractivity contribution in [2.24, 2.45) is 0 Å². The summed E-state index contributed by atoms with van der Waals surface area (Å²) in [4.78, 5) is 27.6. The molecule has 1 aliphatic rings. The summed E-state index contributed by atoms with van der Waals surface area (Å²) in [6.07, 6.45) is 4.63. The summed E-state index contributed by atoms with van der Waals surface area (Å²) in [5.41, 5.74) is 0. The third kappa shape index (κ3) is 3.67. The van der Waals surface area contributed by atoms with Crippen LogP contribution in [0.15, 0.2) is 12.4 Å². The zero-order valence-electron chi connectivity index (χ0n) is 14.6. The largest absolute Gasteiger partial charge is 0.360 e. The van der Waals surface area contributed by atoms with Crippen LogP contribution in [0.2, 0.25) is 0 Å². The van der Waals surface area contributed by atoms with E-state index in [-0.39, 0.29) is 12.5 Å². The van der Waals surface area contributed by atoms with Crippen LogP contribution in [0.4, 0.5) is 5.82 Å². The first-order valence-electron chi connectivity index (χ1n) is 8.50. The van der Waals surface area contributed by atoms with Gasteiger partial charge in [0, 0.05) is 18.0 Å². The molecule has 130 valence electrons. The van der Waals surface area contributed by atoms with E-state index in [1.165, 1.54) is 4.88 Å². The molecule has 0 spiro atoms. The Labute approximate surface area is 146 Å². The number of fused-ring (bicyclic) bond motifs is 1. The molecule has 2 aromatic rings. The van der Waals surface area contributed by atoms with Crippen LogP contribution < -0.4 is 5.32 Å². The molecule has 6 nitrogen and oxygen atoms in total. The van der Waals surface area contributed by atoms with Crippen molar-refractivity contribution in [3.05, 3.63) is 17.3 Å². The molecule has 0 saturated carbocycles. The SMILES string of the molecule is CCc1cc2c(NCC(=O)N(C)C3CCN(C)CC3)ncnc2s1. The Morgan fingerprint density at radius 1 is 1.42 bits per heavy atom. The van der Waals surface area contributed by atoms with E-state index in [2.05, 4.69) is 40.2 Å². The van der Waals surface area contributed by atoms with Crippen LogP contribution in [-0.4, -0.2) is 65.4 Å². The second kappa shape index (κ2) is 7.44. The number of hydrogen-bond acceptors (Lipinski definition) is 6. The molecule has 1 aliphatic heterocycles. The first-order valence-corrected chi connectivity index (χ1v) is 9.31. The average Bonchev–Trinajstić information content (AvgIpc) is 3.03. The summed E-state index contributed by atoms with van der Waals surface area (Å²) >= 11 is 1.68. The van der Waals surface area contributed by atoms with Crippen LogP contribution in [-0.2, 0) is 11.2 Å². The van der Waals surface area contributed by atoms with Gasteiger partial charge in [-0.15, -0.1) is 11.3 Å². The zero-order chi connectivity index (χ0) is 17.1. The van der Waals surface area contributed by atoms with Crippen molar-refractivity contribution >= 4 is 33.3 Å². The quantitative estimate of drug-likeness (QED) is 0.899. The number of piperidine rings is 1. The van der Waals surface area contributed by atoms with E-state index in [0.29, 0.717) is 6.04 Å². The molecular formula is C17H25N5OS. The van der Waals surface area contributed by atoms with Gasteiger partial charge in [-0.2, -0.15) is 0 Å². The lowest BCUT2D eigenvalue weighted by Gasteiger charge is -2.35. The number of hydrogen-bond donors (Lipinski definition) is 1. The van der Waals surface area contributed by atoms with Crippen LogP contribution >= 0.6 is 11.3 Å². The van der Waals surface area contributed by atoms with Gasteiger partial charge in [0.2, 0.25) is 5.91 Å². The van der Waals surface area contributed by atoms with Crippen LogP contribution in [0.1, 0.15) is 24.6 Å². The molecule has 1 saturated heterocycles. The van der Waals surface area contributed by atoms with Crippen molar-refractivity contribution in [1.82, 2.24) is 19.8 Å². The number of amides is 1. The van der Waals surface area contributed by atoms with Gasteiger partial charge in [-0.25, -0.2) is 9.97 Å². The molecule has 0 aromatic carbocycles. The van der Waals surface area contributed by atoms with Gasteiger partial charge in [-0.1, -0.05) is 6.92 Å². The highest BCUT2D eigenvalue weighted by Crippen LogP contribution is 2.28. The zero-order valence-corrected chi connectivity index (χ0v) is 15.4. The summed E-state index contributed by atoms with van der Waals surface area (Å²) in [6, 6.07) is 2.46. The summed E-state index contributed by atoms with van der Waals surface area (Å²) < 4.78 is 0. The lowest BCUT2D eigenvalue weighted by molar-refractivity contribution is -0.130. The first-order chi connectivity index (χ1) is 11.6. The Bertz CT molecular complexity index is 708. The molecule has 24 heavy (non-hydrogen) atoms. The second-order valence-electron chi connectivity index (χ2n) is 6.40. The van der Waals surface area contributed by atoms with Gasteiger partial charge >= 0.3 is 0 Å². The normalized spacial score (nSPS) is 16.5. The minimum atomic E-state index is 0.113. The molecule has 3 rings (SSSR count). The van der Waals surface area contributed by atoms with Crippen LogP contribution in [0.25, 0.3) is 10.2 Å². The van der Waals surface area contributed by atoms with E-state index in [1.54, 1.807) is 17.7 Å². The second-order valence-corrected chi connectivity index (χ2v) is 7.52. The summed E-state index contributed by atoms with van der Waals surface area (Å²) in [5, 5.41) is 4.22. The maximum Gasteiger partial charge on any atom is 0.241 e. The number of nitrogens with one attached hydrogen (secondary N) is 1. The standard InChI is InChI=1S/C17H25N5OS/c1-4-13-9-14-16(19-11-20-17(14)24-13)18-10-15(23)22(3)12-5-7-21(2)8-6-12/h9,11-12H,4-8,10H2,1-3H3,(H,18,19,20). The third-order valence-electron chi connectivity index (χ3n) is 4.77. The molecule has 0 bridgehead atoms. The van der Waals surface area contributed by atoms with E-state index >= 15 is 0 Å². The number of carbonyl (C=O) groups excluding carboxylic acids is 1. The van der Waals surface area contributed by atoms with Crippen LogP contribution in [0, 0.1) is 0 Å². The van der Waals surface area contributed by atoms with Gasteiger partial charge in [0.1, 0.15) is 17.0 Å². The fourth-order valence-corrected chi connectivity index (χ4v) is 4.03. The van der Waals surface area contributed by atoms with Gasteiger partial charge < -0.3 is 15.1 Å². The van der Waals surface area contributed by atoms with Crippen molar-refractivity contribution in [2.75, 3.05) is 39.0 Å². The Morgan fingerprint density at radius 3 is 2.88 bits per heavy atom. The van der Waals surface area contributed by atoms with Gasteiger partial charge in [0.05, 0.1) is 11.9 Å². The Balaban J connectivity index is 1.63. The molecule has 0 aliphatic carbocycles. The summed E-state index contributed by atoms with van der Waals surface area (Å²) in [6.45, 7) is 4.51. The lowest BCUT2D eigenvalue weighted by Crippen LogP contribution is -2.46. The van der Waals surface area contributed by atoms with E-state index in [4.69, 9.17) is 0 Å². The maximum absolute atomic E-state index is 12.5. The predicted octanol–water partition coefficient (Wildman–Crippen LogP) is 2.22. The van der Waals surface area contributed by atoms with Gasteiger partial charge in [0.25, 0.3) is 0 Å². The fourth-order valence-electron chi connectivity index (χ4n) is 3.09. The highest BCUT2D eigenvalue weighted by molar-refractivity contribution is 7.18. The van der Waals surface area contributed by atoms with Gasteiger partial charge in [-0.3, -0.25) is 4.79 Å². The van der Waals surface area contributed by atoms with Crippen molar-refractivity contribution < 1.29 is 4.79 Å². The Hall–Kier alpha value is -1.73. The topological polar surface area (TPSA) is 61.4 Å². The van der Waals surface area contributed by atoms with E-state index in [1.807, 2.05) is 11.9 Å². The lowest BCUT2D eigenvalue weighted by atomic mass is 10.0.